The minimum absolute atomic E-state index is 0.115. The average Bonchev–Trinajstić information content (AvgIpc) is 2.62. The molecule has 0 saturated carbocycles. The molecule has 1 unspecified atom stereocenters. The van der Waals surface area contributed by atoms with Gasteiger partial charge in [-0.3, -0.25) is 14.5 Å². The number of carbonyl (C=O) groups is 1. The first-order valence-corrected chi connectivity index (χ1v) is 8.77. The summed E-state index contributed by atoms with van der Waals surface area (Å²) in [4.78, 5) is 30.5. The maximum Gasteiger partial charge on any atom is 0.266 e. The molecule has 1 fully saturated rings. The number of aromatic amines is 1. The third kappa shape index (κ3) is 3.94. The number of piperazine rings is 1. The van der Waals surface area contributed by atoms with Crippen LogP contribution in [0, 0.1) is 6.92 Å². The van der Waals surface area contributed by atoms with Gasteiger partial charge in [0.1, 0.15) is 6.04 Å². The van der Waals surface area contributed by atoms with Crippen LogP contribution in [0.5, 0.6) is 0 Å². The molecule has 1 amide bonds. The first kappa shape index (κ1) is 18.1. The van der Waals surface area contributed by atoms with Crippen molar-refractivity contribution in [1.29, 1.82) is 0 Å². The first-order chi connectivity index (χ1) is 12.5. The number of amides is 1. The zero-order valence-electron chi connectivity index (χ0n) is 15.5. The first-order valence-electron chi connectivity index (χ1n) is 8.77. The molecular weight excluding hydrogens is 330 g/mol. The van der Waals surface area contributed by atoms with E-state index in [0.717, 1.165) is 16.8 Å². The highest BCUT2D eigenvalue weighted by molar-refractivity contribution is 5.83. The van der Waals surface area contributed by atoms with E-state index in [1.165, 1.54) is 0 Å². The molecule has 1 aromatic heterocycles. The van der Waals surface area contributed by atoms with Crippen LogP contribution in [-0.4, -0.2) is 66.2 Å². The van der Waals surface area contributed by atoms with E-state index in [1.807, 2.05) is 49.0 Å². The third-order valence-electron chi connectivity index (χ3n) is 4.72. The SMILES string of the molecule is Cc1cccc(C(C(=O)N2CCN(c3cn[nH]c(=O)c3)CC2)N(C)C)c1. The summed E-state index contributed by atoms with van der Waals surface area (Å²) in [6.45, 7) is 4.66. The zero-order chi connectivity index (χ0) is 18.7. The lowest BCUT2D eigenvalue weighted by atomic mass is 10.0. The normalized spacial score (nSPS) is 16.0. The van der Waals surface area contributed by atoms with Crippen molar-refractivity contribution in [3.8, 4) is 0 Å². The van der Waals surface area contributed by atoms with E-state index in [4.69, 9.17) is 0 Å². The van der Waals surface area contributed by atoms with Gasteiger partial charge in [0.15, 0.2) is 0 Å². The van der Waals surface area contributed by atoms with Gasteiger partial charge in [-0.05, 0) is 26.6 Å². The van der Waals surface area contributed by atoms with Gasteiger partial charge in [-0.1, -0.05) is 29.8 Å². The molecule has 1 aliphatic rings. The number of aryl methyl sites for hydroxylation is 1. The summed E-state index contributed by atoms with van der Waals surface area (Å²) in [5.74, 6) is 0.115. The van der Waals surface area contributed by atoms with Crippen LogP contribution in [0.1, 0.15) is 17.2 Å². The maximum absolute atomic E-state index is 13.1. The predicted octanol–water partition coefficient (Wildman–Crippen LogP) is 1.03. The molecule has 1 aliphatic heterocycles. The van der Waals surface area contributed by atoms with Crippen molar-refractivity contribution >= 4 is 11.6 Å². The van der Waals surface area contributed by atoms with Crippen LogP contribution in [0.2, 0.25) is 0 Å². The highest BCUT2D eigenvalue weighted by Gasteiger charge is 2.30. The van der Waals surface area contributed by atoms with E-state index >= 15 is 0 Å². The van der Waals surface area contributed by atoms with E-state index in [-0.39, 0.29) is 17.5 Å². The molecule has 0 aliphatic carbocycles. The quantitative estimate of drug-likeness (QED) is 0.887. The number of aromatic nitrogens is 2. The van der Waals surface area contributed by atoms with Crippen molar-refractivity contribution in [3.63, 3.8) is 0 Å². The zero-order valence-corrected chi connectivity index (χ0v) is 15.5. The minimum Gasteiger partial charge on any atom is -0.367 e. The summed E-state index contributed by atoms with van der Waals surface area (Å²) in [6.07, 6.45) is 1.65. The van der Waals surface area contributed by atoms with Crippen LogP contribution >= 0.6 is 0 Å². The Morgan fingerprint density at radius 2 is 1.92 bits per heavy atom. The van der Waals surface area contributed by atoms with E-state index in [9.17, 15) is 9.59 Å². The van der Waals surface area contributed by atoms with E-state index < -0.39 is 0 Å². The smallest absolute Gasteiger partial charge is 0.266 e. The second-order valence-electron chi connectivity index (χ2n) is 6.90. The molecular formula is C19H25N5O2. The van der Waals surface area contributed by atoms with Crippen LogP contribution in [-0.2, 0) is 4.79 Å². The van der Waals surface area contributed by atoms with Crippen molar-refractivity contribution in [2.24, 2.45) is 0 Å². The van der Waals surface area contributed by atoms with Crippen LogP contribution in [0.4, 0.5) is 5.69 Å². The Bertz CT molecular complexity index is 824. The number of carbonyl (C=O) groups excluding carboxylic acids is 1. The number of hydrogen-bond acceptors (Lipinski definition) is 5. The van der Waals surface area contributed by atoms with Gasteiger partial charge in [-0.15, -0.1) is 0 Å². The number of anilines is 1. The van der Waals surface area contributed by atoms with Crippen molar-refractivity contribution in [3.05, 3.63) is 58.0 Å². The number of nitrogens with one attached hydrogen (secondary N) is 1. The molecule has 7 nitrogen and oxygen atoms in total. The summed E-state index contributed by atoms with van der Waals surface area (Å²) in [5.41, 5.74) is 2.74. The van der Waals surface area contributed by atoms with Gasteiger partial charge in [0.2, 0.25) is 5.91 Å². The molecule has 0 radical (unpaired) electrons. The molecule has 1 aromatic carbocycles. The van der Waals surface area contributed by atoms with Crippen molar-refractivity contribution in [2.45, 2.75) is 13.0 Å². The van der Waals surface area contributed by atoms with Gasteiger partial charge in [-0.2, -0.15) is 5.10 Å². The third-order valence-corrected chi connectivity index (χ3v) is 4.72. The lowest BCUT2D eigenvalue weighted by Gasteiger charge is -2.38. The number of benzene rings is 1. The lowest BCUT2D eigenvalue weighted by Crippen LogP contribution is -2.51. The molecule has 1 N–H and O–H groups in total. The van der Waals surface area contributed by atoms with Crippen molar-refractivity contribution < 1.29 is 4.79 Å². The molecule has 1 saturated heterocycles. The topological polar surface area (TPSA) is 72.5 Å². The average molecular weight is 355 g/mol. The molecule has 3 rings (SSSR count). The van der Waals surface area contributed by atoms with Gasteiger partial charge >= 0.3 is 0 Å². The predicted molar refractivity (Wildman–Crippen MR) is 101 cm³/mol. The second kappa shape index (κ2) is 7.70. The number of rotatable bonds is 4. The summed E-state index contributed by atoms with van der Waals surface area (Å²) in [6, 6.07) is 9.36. The molecule has 2 aromatic rings. The Morgan fingerprint density at radius 1 is 1.19 bits per heavy atom. The Morgan fingerprint density at radius 3 is 2.54 bits per heavy atom. The molecule has 1 atom stereocenters. The highest BCUT2D eigenvalue weighted by Crippen LogP contribution is 2.23. The standard InChI is InChI=1S/C19H25N5O2/c1-14-5-4-6-15(11-14)18(22(2)3)19(26)24-9-7-23(8-10-24)16-12-17(25)21-20-13-16/h4-6,11-13,18H,7-10H2,1-3H3,(H,21,25). The summed E-state index contributed by atoms with van der Waals surface area (Å²) in [7, 11) is 3.87. The molecule has 138 valence electrons. The van der Waals surface area contributed by atoms with Crippen molar-refractivity contribution in [1.82, 2.24) is 20.0 Å². The number of hydrogen-bond donors (Lipinski definition) is 1. The fraction of sp³-hybridized carbons (Fsp3) is 0.421. The van der Waals surface area contributed by atoms with E-state index in [1.54, 1.807) is 12.3 Å². The second-order valence-corrected chi connectivity index (χ2v) is 6.90. The van der Waals surface area contributed by atoms with E-state index in [2.05, 4.69) is 21.2 Å². The van der Waals surface area contributed by atoms with Crippen LogP contribution < -0.4 is 10.5 Å². The highest BCUT2D eigenvalue weighted by atomic mass is 16.2. The molecule has 2 heterocycles. The monoisotopic (exact) mass is 355 g/mol. The Labute approximate surface area is 153 Å². The number of likely N-dealkylation sites (N-methyl/N-ethyl adjacent to an activating group) is 1. The Kier molecular flexibility index (Phi) is 5.37. The largest absolute Gasteiger partial charge is 0.367 e. The van der Waals surface area contributed by atoms with Crippen LogP contribution in [0.3, 0.4) is 0 Å². The van der Waals surface area contributed by atoms with E-state index in [0.29, 0.717) is 26.2 Å². The molecule has 7 heteroatoms. The summed E-state index contributed by atoms with van der Waals surface area (Å²) >= 11 is 0. The molecule has 0 bridgehead atoms. The minimum atomic E-state index is -0.289. The van der Waals surface area contributed by atoms with Gasteiger partial charge in [-0.25, -0.2) is 5.10 Å². The fourth-order valence-electron chi connectivity index (χ4n) is 3.40. The lowest BCUT2D eigenvalue weighted by molar-refractivity contribution is -0.136. The van der Waals surface area contributed by atoms with Gasteiger partial charge in [0, 0.05) is 32.2 Å². The van der Waals surface area contributed by atoms with Crippen LogP contribution in [0.15, 0.2) is 41.3 Å². The molecule has 26 heavy (non-hydrogen) atoms. The van der Waals surface area contributed by atoms with Crippen molar-refractivity contribution in [2.75, 3.05) is 45.2 Å². The molecule has 0 spiro atoms. The van der Waals surface area contributed by atoms with Gasteiger partial charge in [0.25, 0.3) is 5.56 Å². The number of H-pyrrole nitrogens is 1. The maximum atomic E-state index is 13.1. The Hall–Kier alpha value is -2.67. The Balaban J connectivity index is 1.71. The fourth-order valence-corrected chi connectivity index (χ4v) is 3.40. The van der Waals surface area contributed by atoms with Gasteiger partial charge in [0.05, 0.1) is 11.9 Å². The van der Waals surface area contributed by atoms with Gasteiger partial charge < -0.3 is 9.80 Å². The van der Waals surface area contributed by atoms with Crippen LogP contribution in [0.25, 0.3) is 0 Å². The summed E-state index contributed by atoms with van der Waals surface area (Å²) < 4.78 is 0. The number of nitrogens with zero attached hydrogens (tertiary/aromatic N) is 4. The summed E-state index contributed by atoms with van der Waals surface area (Å²) in [5, 5.41) is 6.23.